The highest BCUT2D eigenvalue weighted by molar-refractivity contribution is 6.35. The van der Waals surface area contributed by atoms with E-state index in [2.05, 4.69) is 15.2 Å². The van der Waals surface area contributed by atoms with Crippen LogP contribution in [0.3, 0.4) is 0 Å². The van der Waals surface area contributed by atoms with Crippen LogP contribution in [0.5, 0.6) is 5.75 Å². The Bertz CT molecular complexity index is 921. The molecule has 2 bridgehead atoms. The fourth-order valence-electron chi connectivity index (χ4n) is 4.46. The van der Waals surface area contributed by atoms with Crippen LogP contribution in [0.2, 0.25) is 10.0 Å². The molecule has 0 spiro atoms. The minimum Gasteiger partial charge on any atom is -0.476 e. The second-order valence-corrected chi connectivity index (χ2v) is 9.41. The zero-order valence-corrected chi connectivity index (χ0v) is 18.6. The van der Waals surface area contributed by atoms with E-state index < -0.39 is 5.60 Å². The van der Waals surface area contributed by atoms with Crippen LogP contribution in [0, 0.1) is 0 Å². The number of nitrogens with two attached hydrogens (primary N) is 1. The molecule has 0 aliphatic carbocycles. The number of piperidine rings is 1. The molecule has 3 heterocycles. The Morgan fingerprint density at radius 3 is 2.50 bits per heavy atom. The fraction of sp³-hybridized carbons (Fsp3) is 0.455. The quantitative estimate of drug-likeness (QED) is 0.706. The van der Waals surface area contributed by atoms with E-state index in [0.717, 1.165) is 31.5 Å². The lowest BCUT2D eigenvalue weighted by Gasteiger charge is -2.40. The van der Waals surface area contributed by atoms with E-state index in [4.69, 9.17) is 33.7 Å². The van der Waals surface area contributed by atoms with Crippen LogP contribution in [0.15, 0.2) is 36.5 Å². The van der Waals surface area contributed by atoms with Gasteiger partial charge in [0.15, 0.2) is 5.60 Å². The minimum absolute atomic E-state index is 0.101. The first kappa shape index (κ1) is 21.1. The lowest BCUT2D eigenvalue weighted by Crippen LogP contribution is -2.55. The van der Waals surface area contributed by atoms with Gasteiger partial charge in [0, 0.05) is 23.1 Å². The summed E-state index contributed by atoms with van der Waals surface area (Å²) in [5.74, 6) is 1.24. The van der Waals surface area contributed by atoms with E-state index in [9.17, 15) is 4.79 Å². The lowest BCUT2D eigenvalue weighted by atomic mass is 9.96. The third-order valence-electron chi connectivity index (χ3n) is 5.91. The number of pyridine rings is 1. The Balaban J connectivity index is 1.40. The Morgan fingerprint density at radius 1 is 1.20 bits per heavy atom. The van der Waals surface area contributed by atoms with Crippen LogP contribution in [0.4, 0.5) is 11.5 Å². The van der Waals surface area contributed by atoms with Crippen LogP contribution in [-0.4, -0.2) is 34.6 Å². The summed E-state index contributed by atoms with van der Waals surface area (Å²) < 4.78 is 5.93. The number of aromatic nitrogens is 1. The molecule has 2 atom stereocenters. The topological polar surface area (TPSA) is 80.5 Å². The van der Waals surface area contributed by atoms with Crippen LogP contribution in [0.25, 0.3) is 0 Å². The Hall–Kier alpha value is -2.18. The number of hydrogen-bond acceptors (Lipinski definition) is 5. The van der Waals surface area contributed by atoms with Gasteiger partial charge in [0.1, 0.15) is 11.6 Å². The molecule has 2 saturated heterocycles. The Labute approximate surface area is 186 Å². The van der Waals surface area contributed by atoms with Gasteiger partial charge in [-0.05, 0) is 69.9 Å². The van der Waals surface area contributed by atoms with Gasteiger partial charge in [0.05, 0.1) is 16.9 Å². The van der Waals surface area contributed by atoms with Crippen molar-refractivity contribution < 1.29 is 9.53 Å². The van der Waals surface area contributed by atoms with E-state index in [1.54, 1.807) is 38.2 Å². The van der Waals surface area contributed by atoms with Gasteiger partial charge in [-0.2, -0.15) is 0 Å². The van der Waals surface area contributed by atoms with Crippen molar-refractivity contribution in [2.24, 2.45) is 0 Å². The van der Waals surface area contributed by atoms with E-state index >= 15 is 0 Å². The number of hydrogen-bond donors (Lipinski definition) is 2. The molecule has 160 valence electrons. The van der Waals surface area contributed by atoms with E-state index in [0.29, 0.717) is 33.6 Å². The molecular weight excluding hydrogens is 423 g/mol. The molecule has 2 unspecified atom stereocenters. The SMILES string of the molecule is CC(C)(Oc1ccc(Cl)cc1Cl)C(=O)NC1CC2CCC(C1)N2c1ccc(N)cn1. The summed E-state index contributed by atoms with van der Waals surface area (Å²) >= 11 is 12.1. The number of carbonyl (C=O) groups excluding carboxylic acids is 1. The molecule has 4 rings (SSSR count). The van der Waals surface area contributed by atoms with Gasteiger partial charge in [-0.15, -0.1) is 0 Å². The first-order valence-corrected chi connectivity index (χ1v) is 10.9. The van der Waals surface area contributed by atoms with Crippen LogP contribution in [0.1, 0.15) is 39.5 Å². The summed E-state index contributed by atoms with van der Waals surface area (Å²) in [5.41, 5.74) is 5.38. The van der Waals surface area contributed by atoms with Crippen molar-refractivity contribution in [2.75, 3.05) is 10.6 Å². The van der Waals surface area contributed by atoms with Gasteiger partial charge in [-0.3, -0.25) is 4.79 Å². The van der Waals surface area contributed by atoms with Crippen molar-refractivity contribution in [1.82, 2.24) is 10.3 Å². The maximum Gasteiger partial charge on any atom is 0.263 e. The molecule has 1 aromatic carbocycles. The maximum atomic E-state index is 13.0. The highest BCUT2D eigenvalue weighted by atomic mass is 35.5. The number of nitrogens with zero attached hydrogens (tertiary/aromatic N) is 2. The van der Waals surface area contributed by atoms with E-state index in [-0.39, 0.29) is 11.9 Å². The van der Waals surface area contributed by atoms with Crippen LogP contribution in [-0.2, 0) is 4.79 Å². The second kappa shape index (κ2) is 8.16. The highest BCUT2D eigenvalue weighted by Crippen LogP contribution is 2.39. The van der Waals surface area contributed by atoms with Crippen molar-refractivity contribution >= 4 is 40.6 Å². The van der Waals surface area contributed by atoms with Crippen LogP contribution >= 0.6 is 23.2 Å². The summed E-state index contributed by atoms with van der Waals surface area (Å²) in [7, 11) is 0. The number of carbonyl (C=O) groups is 1. The van der Waals surface area contributed by atoms with Crippen LogP contribution < -0.4 is 20.7 Å². The fourth-order valence-corrected chi connectivity index (χ4v) is 4.90. The molecule has 2 aromatic rings. The molecule has 6 nitrogen and oxygen atoms in total. The molecule has 2 aliphatic rings. The van der Waals surface area contributed by atoms with Gasteiger partial charge in [0.25, 0.3) is 5.91 Å². The molecular formula is C22H26Cl2N4O2. The van der Waals surface area contributed by atoms with E-state index in [1.165, 1.54) is 0 Å². The summed E-state index contributed by atoms with van der Waals surface area (Å²) in [5, 5.41) is 4.09. The predicted octanol–water partition coefficient (Wildman–Crippen LogP) is 4.44. The van der Waals surface area contributed by atoms with Gasteiger partial charge in [0.2, 0.25) is 0 Å². The maximum absolute atomic E-state index is 13.0. The number of nitrogens with one attached hydrogen (secondary N) is 1. The van der Waals surface area contributed by atoms with Crippen molar-refractivity contribution in [3.63, 3.8) is 0 Å². The highest BCUT2D eigenvalue weighted by Gasteiger charge is 2.43. The smallest absolute Gasteiger partial charge is 0.263 e. The predicted molar refractivity (Wildman–Crippen MR) is 120 cm³/mol. The Morgan fingerprint density at radius 2 is 1.90 bits per heavy atom. The van der Waals surface area contributed by atoms with Gasteiger partial charge in [-0.25, -0.2) is 4.98 Å². The monoisotopic (exact) mass is 448 g/mol. The molecule has 2 fully saturated rings. The zero-order valence-electron chi connectivity index (χ0n) is 17.1. The molecule has 3 N–H and O–H groups in total. The minimum atomic E-state index is -1.06. The summed E-state index contributed by atoms with van der Waals surface area (Å²) in [6, 6.07) is 9.66. The lowest BCUT2D eigenvalue weighted by molar-refractivity contribution is -0.135. The normalized spacial score (nSPS) is 23.3. The average Bonchev–Trinajstić information content (AvgIpc) is 2.95. The Kier molecular flexibility index (Phi) is 5.73. The summed E-state index contributed by atoms with van der Waals surface area (Å²) in [6.45, 7) is 3.49. The molecule has 0 saturated carbocycles. The van der Waals surface area contributed by atoms with E-state index in [1.807, 2.05) is 12.1 Å². The number of amides is 1. The number of nitrogen functional groups attached to an aromatic ring is 1. The van der Waals surface area contributed by atoms with Crippen molar-refractivity contribution in [3.05, 3.63) is 46.6 Å². The largest absolute Gasteiger partial charge is 0.476 e. The number of fused-ring (bicyclic) bond motifs is 2. The first-order chi connectivity index (χ1) is 14.2. The van der Waals surface area contributed by atoms with Crippen molar-refractivity contribution in [2.45, 2.75) is 63.3 Å². The molecule has 0 radical (unpaired) electrons. The van der Waals surface area contributed by atoms with Gasteiger partial charge < -0.3 is 20.7 Å². The number of ether oxygens (including phenoxy) is 1. The number of anilines is 2. The third-order valence-corrected chi connectivity index (χ3v) is 6.44. The second-order valence-electron chi connectivity index (χ2n) is 8.57. The molecule has 8 heteroatoms. The van der Waals surface area contributed by atoms with Crippen molar-refractivity contribution in [3.8, 4) is 5.75 Å². The molecule has 1 aromatic heterocycles. The van der Waals surface area contributed by atoms with Gasteiger partial charge >= 0.3 is 0 Å². The molecule has 1 amide bonds. The third kappa shape index (κ3) is 4.30. The first-order valence-electron chi connectivity index (χ1n) is 10.2. The van der Waals surface area contributed by atoms with Crippen molar-refractivity contribution in [1.29, 1.82) is 0 Å². The average molecular weight is 449 g/mol. The standard InChI is InChI=1S/C22H26Cl2N4O2/c1-22(2,30-19-7-3-13(23)9-18(19)24)21(29)27-15-10-16-5-6-17(11-15)28(16)20-8-4-14(25)12-26-20/h3-4,7-9,12,15-17H,5-6,10-11,25H2,1-2H3,(H,27,29). The summed E-state index contributed by atoms with van der Waals surface area (Å²) in [6.07, 6.45) is 5.66. The molecule has 30 heavy (non-hydrogen) atoms. The number of halogens is 2. The number of benzene rings is 1. The summed E-state index contributed by atoms with van der Waals surface area (Å²) in [4.78, 5) is 19.9. The molecule has 2 aliphatic heterocycles. The number of rotatable bonds is 5. The van der Waals surface area contributed by atoms with Gasteiger partial charge in [-0.1, -0.05) is 23.2 Å². The zero-order chi connectivity index (χ0) is 21.5.